The van der Waals surface area contributed by atoms with Gasteiger partial charge in [-0.1, -0.05) is 11.6 Å². The summed E-state index contributed by atoms with van der Waals surface area (Å²) in [5.41, 5.74) is 0.0758. The van der Waals surface area contributed by atoms with E-state index in [9.17, 15) is 9.18 Å². The lowest BCUT2D eigenvalue weighted by Crippen LogP contribution is -2.20. The van der Waals surface area contributed by atoms with Crippen LogP contribution in [0, 0.1) is 5.82 Å². The Morgan fingerprint density at radius 1 is 1.57 bits per heavy atom. The van der Waals surface area contributed by atoms with E-state index in [2.05, 4.69) is 5.32 Å². The minimum atomic E-state index is -0.704. The fourth-order valence-corrected chi connectivity index (χ4v) is 1.04. The molecule has 0 aliphatic heterocycles. The van der Waals surface area contributed by atoms with Crippen LogP contribution in [-0.2, 0) is 4.79 Å². The van der Waals surface area contributed by atoms with Crippen LogP contribution in [-0.4, -0.2) is 11.3 Å². The molecule has 0 fully saturated rings. The first kappa shape index (κ1) is 11.3. The molecule has 0 unspecified atom stereocenters. The molecule has 2 nitrogen and oxygen atoms in total. The molecular formula is C9H8Cl2FNO. The molecule has 1 atom stereocenters. The van der Waals surface area contributed by atoms with Gasteiger partial charge in [-0.2, -0.15) is 0 Å². The predicted molar refractivity (Wildman–Crippen MR) is 55.4 cm³/mol. The van der Waals surface area contributed by atoms with E-state index in [1.807, 2.05) is 0 Å². The lowest BCUT2D eigenvalue weighted by molar-refractivity contribution is -0.115. The summed E-state index contributed by atoms with van der Waals surface area (Å²) >= 11 is 11.0. The highest BCUT2D eigenvalue weighted by molar-refractivity contribution is 6.32. The summed E-state index contributed by atoms with van der Waals surface area (Å²) in [6.45, 7) is 1.50. The summed E-state index contributed by atoms with van der Waals surface area (Å²) in [6, 6.07) is 3.99. The molecule has 0 aliphatic carbocycles. The summed E-state index contributed by atoms with van der Waals surface area (Å²) < 4.78 is 13.1. The van der Waals surface area contributed by atoms with Gasteiger partial charge in [-0.25, -0.2) is 4.39 Å². The summed E-state index contributed by atoms with van der Waals surface area (Å²) in [6.07, 6.45) is 0. The van der Waals surface area contributed by atoms with Gasteiger partial charge in [0.15, 0.2) is 0 Å². The molecule has 1 amide bonds. The number of benzene rings is 1. The molecule has 0 bridgehead atoms. The molecular weight excluding hydrogens is 228 g/mol. The van der Waals surface area contributed by atoms with E-state index in [0.29, 0.717) is 0 Å². The Morgan fingerprint density at radius 2 is 2.21 bits per heavy atom. The molecule has 0 aliphatic rings. The molecule has 0 saturated heterocycles. The molecule has 14 heavy (non-hydrogen) atoms. The zero-order chi connectivity index (χ0) is 10.7. The smallest absolute Gasteiger partial charge is 0.242 e. The van der Waals surface area contributed by atoms with Crippen molar-refractivity contribution in [2.75, 3.05) is 5.32 Å². The number of anilines is 1. The van der Waals surface area contributed by atoms with Crippen molar-refractivity contribution >= 4 is 34.8 Å². The summed E-state index contributed by atoms with van der Waals surface area (Å²) in [5, 5.41) is 1.91. The number of amides is 1. The Bertz CT molecular complexity index is 355. The lowest BCUT2D eigenvalue weighted by Gasteiger charge is -2.07. The number of nitrogens with one attached hydrogen (secondary N) is 1. The number of alkyl halides is 1. The molecule has 1 N–H and O–H groups in total. The van der Waals surface area contributed by atoms with Gasteiger partial charge in [-0.3, -0.25) is 4.79 Å². The van der Waals surface area contributed by atoms with Crippen LogP contribution >= 0.6 is 23.2 Å². The molecule has 0 spiro atoms. The molecule has 1 aromatic carbocycles. The minimum Gasteiger partial charge on any atom is -0.322 e. The number of rotatable bonds is 2. The van der Waals surface area contributed by atoms with E-state index < -0.39 is 17.1 Å². The van der Waals surface area contributed by atoms with Crippen molar-refractivity contribution in [3.05, 3.63) is 29.0 Å². The molecule has 5 heteroatoms. The number of halogens is 3. The van der Waals surface area contributed by atoms with E-state index in [0.717, 1.165) is 6.07 Å². The van der Waals surface area contributed by atoms with Crippen molar-refractivity contribution in [1.82, 2.24) is 0 Å². The largest absolute Gasteiger partial charge is 0.322 e. The van der Waals surface area contributed by atoms with Gasteiger partial charge in [0.1, 0.15) is 11.2 Å². The van der Waals surface area contributed by atoms with Crippen LogP contribution in [0.25, 0.3) is 0 Å². The van der Waals surface area contributed by atoms with E-state index in [1.165, 1.54) is 19.1 Å². The highest BCUT2D eigenvalue weighted by Gasteiger charge is 2.11. The molecule has 0 radical (unpaired) electrons. The monoisotopic (exact) mass is 235 g/mol. The van der Waals surface area contributed by atoms with Gasteiger partial charge in [-0.15, -0.1) is 11.6 Å². The van der Waals surface area contributed by atoms with E-state index in [1.54, 1.807) is 0 Å². The maximum absolute atomic E-state index is 13.1. The molecule has 76 valence electrons. The van der Waals surface area contributed by atoms with Crippen LogP contribution in [0.5, 0.6) is 0 Å². The van der Waals surface area contributed by atoms with Gasteiger partial charge < -0.3 is 5.32 Å². The van der Waals surface area contributed by atoms with Crippen molar-refractivity contribution in [1.29, 1.82) is 0 Å². The van der Waals surface area contributed by atoms with Crippen molar-refractivity contribution in [3.63, 3.8) is 0 Å². The number of hydrogen-bond acceptors (Lipinski definition) is 1. The Balaban J connectivity index is 2.82. The second kappa shape index (κ2) is 4.62. The summed E-state index contributed by atoms with van der Waals surface area (Å²) in [7, 11) is 0. The second-order valence-corrected chi connectivity index (χ2v) is 3.82. The second-order valence-electron chi connectivity index (χ2n) is 2.73. The predicted octanol–water partition coefficient (Wildman–Crippen LogP) is 3.04. The van der Waals surface area contributed by atoms with Crippen LogP contribution in [0.15, 0.2) is 18.2 Å². The number of carbonyl (C=O) groups excluding carboxylic acids is 1. The van der Waals surface area contributed by atoms with E-state index in [-0.39, 0.29) is 10.7 Å². The Labute approximate surface area is 91.0 Å². The maximum atomic E-state index is 13.1. The molecule has 0 saturated carbocycles. The standard InChI is InChI=1S/C9H8Cl2FNO/c1-5(10)9(14)13-8-3-2-6(11)4-7(8)12/h2-5H,1H3,(H,13,14)/t5-/m0/s1. The minimum absolute atomic E-state index is 0.0758. The van der Waals surface area contributed by atoms with Crippen LogP contribution < -0.4 is 5.32 Å². The number of hydrogen-bond donors (Lipinski definition) is 1. The lowest BCUT2D eigenvalue weighted by atomic mass is 10.3. The van der Waals surface area contributed by atoms with Gasteiger partial charge in [0.2, 0.25) is 5.91 Å². The molecule has 1 rings (SSSR count). The first-order valence-corrected chi connectivity index (χ1v) is 4.72. The molecule has 0 heterocycles. The Hall–Kier alpha value is -0.800. The van der Waals surface area contributed by atoms with Crippen molar-refractivity contribution in [2.24, 2.45) is 0 Å². The van der Waals surface area contributed by atoms with Crippen molar-refractivity contribution in [3.8, 4) is 0 Å². The third kappa shape index (κ3) is 2.86. The van der Waals surface area contributed by atoms with Crippen LogP contribution in [0.3, 0.4) is 0 Å². The van der Waals surface area contributed by atoms with Crippen molar-refractivity contribution < 1.29 is 9.18 Å². The van der Waals surface area contributed by atoms with Gasteiger partial charge in [0.05, 0.1) is 5.69 Å². The van der Waals surface area contributed by atoms with E-state index >= 15 is 0 Å². The summed E-state index contributed by atoms with van der Waals surface area (Å²) in [4.78, 5) is 11.1. The quantitative estimate of drug-likeness (QED) is 0.785. The highest BCUT2D eigenvalue weighted by Crippen LogP contribution is 2.19. The first-order chi connectivity index (χ1) is 6.50. The first-order valence-electron chi connectivity index (χ1n) is 3.90. The van der Waals surface area contributed by atoms with Crippen LogP contribution in [0.4, 0.5) is 10.1 Å². The number of carbonyl (C=O) groups is 1. The van der Waals surface area contributed by atoms with Gasteiger partial charge in [0, 0.05) is 5.02 Å². The fourth-order valence-electron chi connectivity index (χ4n) is 0.823. The van der Waals surface area contributed by atoms with Gasteiger partial charge >= 0.3 is 0 Å². The van der Waals surface area contributed by atoms with Crippen LogP contribution in [0.2, 0.25) is 5.02 Å². The van der Waals surface area contributed by atoms with Crippen molar-refractivity contribution in [2.45, 2.75) is 12.3 Å². The normalized spacial score (nSPS) is 12.3. The average Bonchev–Trinajstić information content (AvgIpc) is 2.09. The molecule has 1 aromatic rings. The van der Waals surface area contributed by atoms with Gasteiger partial charge in [-0.05, 0) is 25.1 Å². The molecule has 0 aromatic heterocycles. The third-order valence-corrected chi connectivity index (χ3v) is 1.98. The van der Waals surface area contributed by atoms with Crippen LogP contribution in [0.1, 0.15) is 6.92 Å². The Morgan fingerprint density at radius 3 is 2.71 bits per heavy atom. The topological polar surface area (TPSA) is 29.1 Å². The maximum Gasteiger partial charge on any atom is 0.242 e. The summed E-state index contributed by atoms with van der Waals surface area (Å²) in [5.74, 6) is -1.03. The zero-order valence-corrected chi connectivity index (χ0v) is 8.86. The average molecular weight is 236 g/mol. The fraction of sp³-hybridized carbons (Fsp3) is 0.222. The highest BCUT2D eigenvalue weighted by atomic mass is 35.5. The zero-order valence-electron chi connectivity index (χ0n) is 7.35. The SMILES string of the molecule is C[C@H](Cl)C(=O)Nc1ccc(Cl)cc1F. The Kier molecular flexibility index (Phi) is 3.72. The van der Waals surface area contributed by atoms with Gasteiger partial charge in [0.25, 0.3) is 0 Å². The van der Waals surface area contributed by atoms with E-state index in [4.69, 9.17) is 23.2 Å². The third-order valence-electron chi connectivity index (χ3n) is 1.55.